The molecule has 92 valence electrons. The number of hydrogen-bond donors (Lipinski definition) is 1. The summed E-state index contributed by atoms with van der Waals surface area (Å²) >= 11 is 1.84. The van der Waals surface area contributed by atoms with Gasteiger partial charge in [-0.1, -0.05) is 0 Å². The van der Waals surface area contributed by atoms with E-state index in [1.54, 1.807) is 4.57 Å². The SMILES string of the molecule is Cc1ccc(CCN(C)c2nnc(N)n2C)s1. The minimum atomic E-state index is 0.443. The second kappa shape index (κ2) is 4.75. The molecule has 0 saturated heterocycles. The molecular weight excluding hydrogens is 234 g/mol. The van der Waals surface area contributed by atoms with Crippen molar-refractivity contribution in [3.8, 4) is 0 Å². The van der Waals surface area contributed by atoms with Crippen molar-refractivity contribution in [1.29, 1.82) is 0 Å². The van der Waals surface area contributed by atoms with Gasteiger partial charge in [0, 0.05) is 30.4 Å². The van der Waals surface area contributed by atoms with E-state index in [4.69, 9.17) is 5.73 Å². The van der Waals surface area contributed by atoms with Gasteiger partial charge < -0.3 is 10.6 Å². The molecule has 0 atom stereocenters. The first kappa shape index (κ1) is 11.9. The molecule has 2 N–H and O–H groups in total. The van der Waals surface area contributed by atoms with E-state index in [0.29, 0.717) is 5.95 Å². The first-order valence-electron chi connectivity index (χ1n) is 5.49. The van der Waals surface area contributed by atoms with Gasteiger partial charge in [-0.25, -0.2) is 0 Å². The smallest absolute Gasteiger partial charge is 0.228 e. The van der Waals surface area contributed by atoms with Gasteiger partial charge in [-0.05, 0) is 25.5 Å². The Morgan fingerprint density at radius 1 is 1.41 bits per heavy atom. The molecule has 2 aromatic heterocycles. The fourth-order valence-corrected chi connectivity index (χ4v) is 2.54. The molecule has 0 radical (unpaired) electrons. The molecule has 0 aliphatic carbocycles. The van der Waals surface area contributed by atoms with Gasteiger partial charge in [0.2, 0.25) is 11.9 Å². The Morgan fingerprint density at radius 3 is 2.71 bits per heavy atom. The lowest BCUT2D eigenvalue weighted by Gasteiger charge is -2.16. The minimum absolute atomic E-state index is 0.443. The summed E-state index contributed by atoms with van der Waals surface area (Å²) in [6.45, 7) is 3.03. The lowest BCUT2D eigenvalue weighted by atomic mass is 10.3. The number of nitrogens with zero attached hydrogens (tertiary/aromatic N) is 4. The molecule has 2 aromatic rings. The highest BCUT2D eigenvalue weighted by Crippen LogP contribution is 2.17. The number of aromatic nitrogens is 3. The van der Waals surface area contributed by atoms with Crippen LogP contribution in [0.2, 0.25) is 0 Å². The van der Waals surface area contributed by atoms with Crippen LogP contribution in [0.15, 0.2) is 12.1 Å². The van der Waals surface area contributed by atoms with Crippen LogP contribution >= 0.6 is 11.3 Å². The molecular formula is C11H17N5S. The quantitative estimate of drug-likeness (QED) is 0.893. The summed E-state index contributed by atoms with van der Waals surface area (Å²) in [5.74, 6) is 1.24. The average Bonchev–Trinajstić information content (AvgIpc) is 2.84. The van der Waals surface area contributed by atoms with Gasteiger partial charge in [-0.15, -0.1) is 21.5 Å². The third-order valence-electron chi connectivity index (χ3n) is 2.72. The second-order valence-corrected chi connectivity index (χ2v) is 5.47. The molecule has 6 heteroatoms. The van der Waals surface area contributed by atoms with Crippen molar-refractivity contribution < 1.29 is 0 Å². The van der Waals surface area contributed by atoms with Crippen molar-refractivity contribution in [2.24, 2.45) is 7.05 Å². The van der Waals surface area contributed by atoms with Crippen LogP contribution in [0.5, 0.6) is 0 Å². The third kappa shape index (κ3) is 2.58. The van der Waals surface area contributed by atoms with E-state index in [1.165, 1.54) is 9.75 Å². The first-order chi connectivity index (χ1) is 8.08. The van der Waals surface area contributed by atoms with Crippen LogP contribution in [-0.4, -0.2) is 28.4 Å². The van der Waals surface area contributed by atoms with Crippen LogP contribution in [0.1, 0.15) is 9.75 Å². The topological polar surface area (TPSA) is 60.0 Å². The van der Waals surface area contributed by atoms with Gasteiger partial charge in [-0.2, -0.15) is 0 Å². The number of likely N-dealkylation sites (N-methyl/N-ethyl adjacent to an activating group) is 1. The molecule has 0 spiro atoms. The van der Waals surface area contributed by atoms with Gasteiger partial charge >= 0.3 is 0 Å². The van der Waals surface area contributed by atoms with Crippen molar-refractivity contribution in [2.75, 3.05) is 24.2 Å². The number of nitrogen functional groups attached to an aromatic ring is 1. The Balaban J connectivity index is 1.98. The van der Waals surface area contributed by atoms with Gasteiger partial charge in [0.1, 0.15) is 0 Å². The predicted molar refractivity (Wildman–Crippen MR) is 71.4 cm³/mol. The highest BCUT2D eigenvalue weighted by Gasteiger charge is 2.10. The van der Waals surface area contributed by atoms with Crippen molar-refractivity contribution in [2.45, 2.75) is 13.3 Å². The molecule has 0 unspecified atom stereocenters. The van der Waals surface area contributed by atoms with Crippen molar-refractivity contribution in [3.05, 3.63) is 21.9 Å². The zero-order valence-electron chi connectivity index (χ0n) is 10.3. The zero-order valence-corrected chi connectivity index (χ0v) is 11.2. The Kier molecular flexibility index (Phi) is 3.33. The fraction of sp³-hybridized carbons (Fsp3) is 0.455. The number of hydrogen-bond acceptors (Lipinski definition) is 5. The van der Waals surface area contributed by atoms with Crippen LogP contribution in [0, 0.1) is 6.92 Å². The Bertz CT molecular complexity index is 502. The third-order valence-corrected chi connectivity index (χ3v) is 3.78. The summed E-state index contributed by atoms with van der Waals surface area (Å²) in [5.41, 5.74) is 5.65. The summed E-state index contributed by atoms with van der Waals surface area (Å²) in [6, 6.07) is 4.33. The van der Waals surface area contributed by atoms with E-state index in [2.05, 4.69) is 34.2 Å². The maximum atomic E-state index is 5.65. The number of rotatable bonds is 4. The van der Waals surface area contributed by atoms with Crippen molar-refractivity contribution in [1.82, 2.24) is 14.8 Å². The van der Waals surface area contributed by atoms with Gasteiger partial charge in [-0.3, -0.25) is 4.57 Å². The molecule has 0 aliphatic rings. The number of nitrogens with two attached hydrogens (primary N) is 1. The molecule has 17 heavy (non-hydrogen) atoms. The van der Waals surface area contributed by atoms with E-state index >= 15 is 0 Å². The second-order valence-electron chi connectivity index (χ2n) is 4.10. The largest absolute Gasteiger partial charge is 0.368 e. The van der Waals surface area contributed by atoms with Crippen LogP contribution in [0.25, 0.3) is 0 Å². The first-order valence-corrected chi connectivity index (χ1v) is 6.31. The van der Waals surface area contributed by atoms with E-state index in [1.807, 2.05) is 25.4 Å². The maximum absolute atomic E-state index is 5.65. The van der Waals surface area contributed by atoms with E-state index < -0.39 is 0 Å². The molecule has 0 saturated carbocycles. The molecule has 0 aromatic carbocycles. The molecule has 5 nitrogen and oxygen atoms in total. The van der Waals surface area contributed by atoms with E-state index in [-0.39, 0.29) is 0 Å². The lowest BCUT2D eigenvalue weighted by Crippen LogP contribution is -2.23. The molecule has 0 amide bonds. The number of thiophene rings is 1. The Morgan fingerprint density at radius 2 is 2.18 bits per heavy atom. The fourth-order valence-electron chi connectivity index (χ4n) is 1.66. The normalized spacial score (nSPS) is 10.8. The monoisotopic (exact) mass is 251 g/mol. The minimum Gasteiger partial charge on any atom is -0.368 e. The average molecular weight is 251 g/mol. The molecule has 2 heterocycles. The van der Waals surface area contributed by atoms with Crippen LogP contribution in [-0.2, 0) is 13.5 Å². The summed E-state index contributed by atoms with van der Waals surface area (Å²) in [7, 11) is 3.88. The van der Waals surface area contributed by atoms with E-state index in [0.717, 1.165) is 18.9 Å². The standard InChI is InChI=1S/C11H17N5S/c1-8-4-5-9(17-8)6-7-15(2)11-14-13-10(12)16(11)3/h4-5H,6-7H2,1-3H3,(H2,12,13). The highest BCUT2D eigenvalue weighted by atomic mass is 32.1. The van der Waals surface area contributed by atoms with Gasteiger partial charge in [0.15, 0.2) is 0 Å². The predicted octanol–water partition coefficient (Wildman–Crippen LogP) is 1.45. The van der Waals surface area contributed by atoms with Crippen LogP contribution in [0.3, 0.4) is 0 Å². The lowest BCUT2D eigenvalue weighted by molar-refractivity contribution is 0.799. The van der Waals surface area contributed by atoms with Crippen molar-refractivity contribution in [3.63, 3.8) is 0 Å². The highest BCUT2D eigenvalue weighted by molar-refractivity contribution is 7.11. The van der Waals surface area contributed by atoms with Crippen LogP contribution < -0.4 is 10.6 Å². The summed E-state index contributed by atoms with van der Waals surface area (Å²) in [6.07, 6.45) is 1.02. The molecule has 0 bridgehead atoms. The number of anilines is 2. The summed E-state index contributed by atoms with van der Waals surface area (Å²) in [4.78, 5) is 4.81. The molecule has 2 rings (SSSR count). The summed E-state index contributed by atoms with van der Waals surface area (Å²) in [5, 5.41) is 7.90. The van der Waals surface area contributed by atoms with Crippen LogP contribution in [0.4, 0.5) is 11.9 Å². The maximum Gasteiger partial charge on any atom is 0.228 e. The molecule has 0 aliphatic heterocycles. The number of aryl methyl sites for hydroxylation is 1. The van der Waals surface area contributed by atoms with Gasteiger partial charge in [0.05, 0.1) is 0 Å². The Labute approximate surface area is 105 Å². The van der Waals surface area contributed by atoms with E-state index in [9.17, 15) is 0 Å². The van der Waals surface area contributed by atoms with Gasteiger partial charge in [0.25, 0.3) is 0 Å². The summed E-state index contributed by atoms with van der Waals surface area (Å²) < 4.78 is 1.79. The molecule has 0 fully saturated rings. The van der Waals surface area contributed by atoms with Crippen molar-refractivity contribution >= 4 is 23.2 Å². The Hall–Kier alpha value is -1.56. The zero-order chi connectivity index (χ0) is 12.4.